The van der Waals surface area contributed by atoms with E-state index >= 15 is 0 Å². The summed E-state index contributed by atoms with van der Waals surface area (Å²) in [6, 6.07) is 16.0. The first-order valence-electron chi connectivity index (χ1n) is 10.1. The van der Waals surface area contributed by atoms with Gasteiger partial charge in [-0.05, 0) is 23.1 Å². The van der Waals surface area contributed by atoms with Gasteiger partial charge in [0.2, 0.25) is 0 Å². The monoisotopic (exact) mass is 422 g/mol. The molecule has 1 aliphatic carbocycles. The van der Waals surface area contributed by atoms with Crippen LogP contribution in [-0.4, -0.2) is 17.5 Å². The Hall–Kier alpha value is -2.72. The van der Waals surface area contributed by atoms with E-state index in [0.717, 1.165) is 5.56 Å². The Morgan fingerprint density at radius 1 is 1.03 bits per heavy atom. The number of ketones is 2. The van der Waals surface area contributed by atoms with Crippen molar-refractivity contribution in [1.29, 1.82) is 0 Å². The van der Waals surface area contributed by atoms with Crippen molar-refractivity contribution in [1.82, 2.24) is 0 Å². The van der Waals surface area contributed by atoms with Crippen molar-refractivity contribution in [3.05, 3.63) is 82.1 Å². The van der Waals surface area contributed by atoms with Crippen LogP contribution in [0.5, 0.6) is 0 Å². The topological polar surface area (TPSA) is 60.4 Å². The number of ether oxygens (including phenoxy) is 1. The lowest BCUT2D eigenvalue weighted by molar-refractivity contribution is -0.148. The van der Waals surface area contributed by atoms with E-state index in [1.165, 1.54) is 0 Å². The fourth-order valence-corrected chi connectivity index (χ4v) is 4.59. The smallest absolute Gasteiger partial charge is 0.315 e. The molecule has 1 aliphatic heterocycles. The molecule has 0 saturated heterocycles. The van der Waals surface area contributed by atoms with E-state index in [1.54, 1.807) is 36.4 Å². The highest BCUT2D eigenvalue weighted by Crippen LogP contribution is 2.49. The van der Waals surface area contributed by atoms with E-state index in [4.69, 9.17) is 16.3 Å². The molecule has 0 radical (unpaired) electrons. The van der Waals surface area contributed by atoms with Crippen LogP contribution in [0.1, 0.15) is 54.9 Å². The number of hydrogen-bond acceptors (Lipinski definition) is 4. The van der Waals surface area contributed by atoms with Gasteiger partial charge in [-0.1, -0.05) is 67.9 Å². The Bertz CT molecular complexity index is 1030. The number of hydrogen-bond donors (Lipinski definition) is 0. The van der Waals surface area contributed by atoms with Crippen LogP contribution < -0.4 is 0 Å². The van der Waals surface area contributed by atoms with Crippen LogP contribution in [0.15, 0.2) is 65.9 Å². The maximum Gasteiger partial charge on any atom is 0.315 e. The Balaban J connectivity index is 1.78. The highest BCUT2D eigenvalue weighted by molar-refractivity contribution is 6.30. The lowest BCUT2D eigenvalue weighted by atomic mass is 9.67. The first kappa shape index (κ1) is 20.5. The van der Waals surface area contributed by atoms with Crippen LogP contribution in [0.25, 0.3) is 0 Å². The molecule has 2 aromatic rings. The molecular weight excluding hydrogens is 400 g/mol. The molecule has 2 aliphatic rings. The number of benzene rings is 2. The molecule has 4 rings (SSSR count). The molecule has 30 heavy (non-hydrogen) atoms. The van der Waals surface area contributed by atoms with Gasteiger partial charge in [-0.25, -0.2) is 0 Å². The summed E-state index contributed by atoms with van der Waals surface area (Å²) in [4.78, 5) is 39.1. The number of carbonyl (C=O) groups excluding carboxylic acids is 3. The predicted molar refractivity (Wildman–Crippen MR) is 114 cm³/mol. The lowest BCUT2D eigenvalue weighted by Gasteiger charge is -2.40. The maximum atomic E-state index is 13.1. The van der Waals surface area contributed by atoms with E-state index in [9.17, 15) is 14.4 Å². The maximum absolute atomic E-state index is 13.1. The van der Waals surface area contributed by atoms with Crippen LogP contribution in [0.4, 0.5) is 0 Å². The first-order valence-corrected chi connectivity index (χ1v) is 10.4. The third-order valence-corrected chi connectivity index (χ3v) is 6.10. The van der Waals surface area contributed by atoms with Crippen LogP contribution in [0.2, 0.25) is 5.02 Å². The van der Waals surface area contributed by atoms with Gasteiger partial charge in [0, 0.05) is 41.3 Å². The molecule has 0 bridgehead atoms. The van der Waals surface area contributed by atoms with Crippen molar-refractivity contribution >= 4 is 29.1 Å². The largest absolute Gasteiger partial charge is 0.430 e. The van der Waals surface area contributed by atoms with Crippen molar-refractivity contribution < 1.29 is 19.1 Å². The first-order chi connectivity index (χ1) is 14.2. The van der Waals surface area contributed by atoms with Gasteiger partial charge >= 0.3 is 5.97 Å². The van der Waals surface area contributed by atoms with Crippen molar-refractivity contribution in [3.8, 4) is 0 Å². The summed E-state index contributed by atoms with van der Waals surface area (Å²) < 4.78 is 5.66. The Labute approximate surface area is 180 Å². The summed E-state index contributed by atoms with van der Waals surface area (Å²) in [5.74, 6) is -1.46. The van der Waals surface area contributed by atoms with Gasteiger partial charge in [0.25, 0.3) is 0 Å². The van der Waals surface area contributed by atoms with Crippen molar-refractivity contribution in [2.24, 2.45) is 11.3 Å². The highest BCUT2D eigenvalue weighted by Gasteiger charge is 2.47. The standard InChI is InChI=1S/C25H23ClO4/c1-25(2)13-20(28)23-21(14-25)30-24(29)18(12-19(27)15-6-4-3-5-7-15)22(23)16-8-10-17(26)11-9-16/h3-11,18,22H,12-14H2,1-2H3/t18-,22+/m1/s1. The Kier molecular flexibility index (Phi) is 5.37. The number of esters is 1. The highest BCUT2D eigenvalue weighted by atomic mass is 35.5. The summed E-state index contributed by atoms with van der Waals surface area (Å²) in [6.45, 7) is 3.98. The van der Waals surface area contributed by atoms with Gasteiger partial charge in [-0.15, -0.1) is 0 Å². The third-order valence-electron chi connectivity index (χ3n) is 5.85. The second-order valence-corrected chi connectivity index (χ2v) is 9.26. The van der Waals surface area contributed by atoms with Gasteiger partial charge in [-0.2, -0.15) is 0 Å². The van der Waals surface area contributed by atoms with Crippen molar-refractivity contribution in [2.45, 2.75) is 39.0 Å². The Morgan fingerprint density at radius 2 is 1.70 bits per heavy atom. The normalized spacial score (nSPS) is 23.0. The number of halogens is 1. The number of rotatable bonds is 4. The molecule has 0 amide bonds. The zero-order chi connectivity index (χ0) is 21.5. The summed E-state index contributed by atoms with van der Waals surface area (Å²) in [7, 11) is 0. The molecule has 0 aromatic heterocycles. The second-order valence-electron chi connectivity index (χ2n) is 8.83. The van der Waals surface area contributed by atoms with Gasteiger partial charge in [0.05, 0.1) is 5.92 Å². The second kappa shape index (κ2) is 7.84. The fraction of sp³-hybridized carbons (Fsp3) is 0.320. The summed E-state index contributed by atoms with van der Waals surface area (Å²) >= 11 is 6.06. The Morgan fingerprint density at radius 3 is 2.37 bits per heavy atom. The van der Waals surface area contributed by atoms with Crippen LogP contribution >= 0.6 is 11.6 Å². The minimum absolute atomic E-state index is 0.0224. The molecule has 154 valence electrons. The summed E-state index contributed by atoms with van der Waals surface area (Å²) in [5.41, 5.74) is 1.59. The van der Waals surface area contributed by atoms with Gasteiger partial charge in [0.1, 0.15) is 5.76 Å². The molecule has 0 N–H and O–H groups in total. The predicted octanol–water partition coefficient (Wildman–Crippen LogP) is 5.51. The van der Waals surface area contributed by atoms with Gasteiger partial charge in [0.15, 0.2) is 11.6 Å². The average molecular weight is 423 g/mol. The zero-order valence-corrected chi connectivity index (χ0v) is 17.7. The quantitative estimate of drug-likeness (QED) is 0.481. The molecular formula is C25H23ClO4. The third kappa shape index (κ3) is 3.97. The number of carbonyl (C=O) groups is 3. The van der Waals surface area contributed by atoms with Gasteiger partial charge < -0.3 is 4.74 Å². The summed E-state index contributed by atoms with van der Waals surface area (Å²) in [6.07, 6.45) is 0.875. The molecule has 4 nitrogen and oxygen atoms in total. The van der Waals surface area contributed by atoms with Crippen LogP contribution in [0.3, 0.4) is 0 Å². The average Bonchev–Trinajstić information content (AvgIpc) is 2.69. The molecule has 5 heteroatoms. The minimum atomic E-state index is -0.761. The van der Waals surface area contributed by atoms with Crippen molar-refractivity contribution in [2.75, 3.05) is 0 Å². The molecule has 0 unspecified atom stereocenters. The minimum Gasteiger partial charge on any atom is -0.430 e. The lowest BCUT2D eigenvalue weighted by Crippen LogP contribution is -2.39. The number of Topliss-reactive ketones (excluding diaryl/α,β-unsaturated/α-hetero) is 2. The van der Waals surface area contributed by atoms with E-state index in [0.29, 0.717) is 34.8 Å². The molecule has 1 heterocycles. The molecule has 0 spiro atoms. The van der Waals surface area contributed by atoms with Crippen LogP contribution in [-0.2, 0) is 14.3 Å². The fourth-order valence-electron chi connectivity index (χ4n) is 4.46. The van der Waals surface area contributed by atoms with E-state index in [2.05, 4.69) is 0 Å². The van der Waals surface area contributed by atoms with E-state index < -0.39 is 17.8 Å². The van der Waals surface area contributed by atoms with Crippen LogP contribution in [0, 0.1) is 11.3 Å². The van der Waals surface area contributed by atoms with E-state index in [1.807, 2.05) is 32.0 Å². The molecule has 2 atom stereocenters. The SMILES string of the molecule is CC1(C)CC(=O)C2=C(C1)OC(=O)[C@H](CC(=O)c1ccccc1)[C@@H]2c1ccc(Cl)cc1. The van der Waals surface area contributed by atoms with Gasteiger partial charge in [-0.3, -0.25) is 14.4 Å². The number of allylic oxidation sites excluding steroid dienone is 2. The molecule has 2 aromatic carbocycles. The van der Waals surface area contributed by atoms with Crippen molar-refractivity contribution in [3.63, 3.8) is 0 Å². The summed E-state index contributed by atoms with van der Waals surface area (Å²) in [5, 5.41) is 0.569. The zero-order valence-electron chi connectivity index (χ0n) is 17.0. The molecule has 0 fully saturated rings. The van der Waals surface area contributed by atoms with E-state index in [-0.39, 0.29) is 23.4 Å². The molecule has 0 saturated carbocycles.